The number of fused-ring (bicyclic) bond motifs is 1. The lowest BCUT2D eigenvalue weighted by Crippen LogP contribution is -2.41. The summed E-state index contributed by atoms with van der Waals surface area (Å²) in [6.45, 7) is 2.10. The molecule has 0 spiro atoms. The van der Waals surface area contributed by atoms with Gasteiger partial charge in [-0.25, -0.2) is 4.79 Å². The van der Waals surface area contributed by atoms with Gasteiger partial charge >= 0.3 is 6.03 Å². The maximum atomic E-state index is 11.4. The Balaban J connectivity index is 1.82. The summed E-state index contributed by atoms with van der Waals surface area (Å²) in [5, 5.41) is 4.67. The van der Waals surface area contributed by atoms with Gasteiger partial charge in [-0.15, -0.1) is 0 Å². The van der Waals surface area contributed by atoms with Crippen LogP contribution in [0.2, 0.25) is 0 Å². The third kappa shape index (κ3) is 3.71. The van der Waals surface area contributed by atoms with Crippen molar-refractivity contribution in [3.8, 4) is 5.75 Å². The zero-order chi connectivity index (χ0) is 13.7. The van der Waals surface area contributed by atoms with Crippen molar-refractivity contribution in [2.75, 3.05) is 13.2 Å². The summed E-state index contributed by atoms with van der Waals surface area (Å²) in [4.78, 5) is 22.6. The van der Waals surface area contributed by atoms with Crippen molar-refractivity contribution in [1.82, 2.24) is 10.6 Å². The molecule has 3 amide bonds. The lowest BCUT2D eigenvalue weighted by Gasteiger charge is -2.08. The van der Waals surface area contributed by atoms with Crippen molar-refractivity contribution >= 4 is 11.9 Å². The van der Waals surface area contributed by atoms with Crippen LogP contribution in [0.1, 0.15) is 24.5 Å². The molecule has 0 saturated carbocycles. The molecular weight excluding hydrogens is 244 g/mol. The minimum atomic E-state index is -0.495. The predicted molar refractivity (Wildman–Crippen MR) is 71.2 cm³/mol. The van der Waals surface area contributed by atoms with E-state index >= 15 is 0 Å². The molecule has 0 aromatic heterocycles. The summed E-state index contributed by atoms with van der Waals surface area (Å²) in [5.41, 5.74) is 2.65. The second kappa shape index (κ2) is 6.22. The number of ether oxygens (including phenoxy) is 1. The summed E-state index contributed by atoms with van der Waals surface area (Å²) >= 11 is 0. The van der Waals surface area contributed by atoms with Gasteiger partial charge in [0.15, 0.2) is 6.61 Å². The number of rotatable bonds is 4. The average molecular weight is 262 g/mol. The summed E-state index contributed by atoms with van der Waals surface area (Å²) in [5.74, 6) is 0.221. The fourth-order valence-electron chi connectivity index (χ4n) is 2.15. The first-order valence-electron chi connectivity index (χ1n) is 6.51. The molecule has 5 heteroatoms. The second-order valence-corrected chi connectivity index (χ2v) is 4.48. The predicted octanol–water partition coefficient (Wildman–Crippen LogP) is 1.40. The third-order valence-electron chi connectivity index (χ3n) is 3.03. The van der Waals surface area contributed by atoms with E-state index in [0.29, 0.717) is 12.3 Å². The number of aryl methyl sites for hydroxylation is 2. The third-order valence-corrected chi connectivity index (χ3v) is 3.03. The van der Waals surface area contributed by atoms with Crippen molar-refractivity contribution in [3.05, 3.63) is 29.3 Å². The van der Waals surface area contributed by atoms with Crippen molar-refractivity contribution in [2.45, 2.75) is 26.2 Å². The molecule has 5 nitrogen and oxygen atoms in total. The van der Waals surface area contributed by atoms with Crippen LogP contribution in [0.5, 0.6) is 5.75 Å². The number of benzene rings is 1. The first-order valence-corrected chi connectivity index (χ1v) is 6.51. The molecule has 1 aliphatic rings. The Bertz CT molecular complexity index is 486. The lowest BCUT2D eigenvalue weighted by molar-refractivity contribution is -0.122. The molecule has 0 heterocycles. The SMILES string of the molecule is CCNC(=O)NC(=O)COc1ccc2c(c1)CCC2. The molecule has 2 N–H and O–H groups in total. The monoisotopic (exact) mass is 262 g/mol. The Morgan fingerprint density at radius 3 is 2.84 bits per heavy atom. The second-order valence-electron chi connectivity index (χ2n) is 4.48. The van der Waals surface area contributed by atoms with E-state index < -0.39 is 11.9 Å². The highest BCUT2D eigenvalue weighted by molar-refractivity contribution is 5.94. The summed E-state index contributed by atoms with van der Waals surface area (Å²) in [7, 11) is 0. The van der Waals surface area contributed by atoms with Crippen LogP contribution in [0.25, 0.3) is 0 Å². The van der Waals surface area contributed by atoms with Gasteiger partial charge in [0, 0.05) is 6.54 Å². The summed E-state index contributed by atoms with van der Waals surface area (Å²) in [6.07, 6.45) is 3.36. The average Bonchev–Trinajstić information content (AvgIpc) is 2.83. The van der Waals surface area contributed by atoms with Gasteiger partial charge in [-0.1, -0.05) is 6.07 Å². The number of amides is 3. The molecule has 102 valence electrons. The molecule has 0 fully saturated rings. The van der Waals surface area contributed by atoms with Crippen LogP contribution in [0.3, 0.4) is 0 Å². The normalized spacial score (nSPS) is 12.7. The molecule has 0 atom stereocenters. The Morgan fingerprint density at radius 2 is 2.05 bits per heavy atom. The van der Waals surface area contributed by atoms with Gasteiger partial charge in [0.25, 0.3) is 5.91 Å². The summed E-state index contributed by atoms with van der Waals surface area (Å²) < 4.78 is 5.38. The van der Waals surface area contributed by atoms with Crippen LogP contribution < -0.4 is 15.4 Å². The van der Waals surface area contributed by atoms with E-state index in [1.807, 2.05) is 18.2 Å². The summed E-state index contributed by atoms with van der Waals surface area (Å²) in [6, 6.07) is 5.38. The number of carbonyl (C=O) groups excluding carboxylic acids is 2. The lowest BCUT2D eigenvalue weighted by atomic mass is 10.1. The van der Waals surface area contributed by atoms with Crippen LogP contribution in [0, 0.1) is 0 Å². The number of urea groups is 1. The topological polar surface area (TPSA) is 67.4 Å². The molecule has 1 aromatic carbocycles. The van der Waals surface area contributed by atoms with E-state index in [4.69, 9.17) is 4.74 Å². The maximum Gasteiger partial charge on any atom is 0.321 e. The zero-order valence-electron chi connectivity index (χ0n) is 11.0. The molecule has 1 aromatic rings. The van der Waals surface area contributed by atoms with Gasteiger partial charge in [0.1, 0.15) is 5.75 Å². The molecule has 0 bridgehead atoms. The van der Waals surface area contributed by atoms with E-state index in [0.717, 1.165) is 12.8 Å². The van der Waals surface area contributed by atoms with E-state index in [2.05, 4.69) is 10.6 Å². The molecule has 2 rings (SSSR count). The number of hydrogen-bond donors (Lipinski definition) is 2. The largest absolute Gasteiger partial charge is 0.484 e. The van der Waals surface area contributed by atoms with Crippen molar-refractivity contribution < 1.29 is 14.3 Å². The first-order chi connectivity index (χ1) is 9.19. The van der Waals surface area contributed by atoms with Gasteiger partial charge < -0.3 is 10.1 Å². The molecule has 0 unspecified atom stereocenters. The Hall–Kier alpha value is -2.04. The van der Waals surface area contributed by atoms with Gasteiger partial charge in [-0.3, -0.25) is 10.1 Å². The first kappa shape index (κ1) is 13.4. The molecule has 1 aliphatic carbocycles. The van der Waals surface area contributed by atoms with Gasteiger partial charge in [-0.2, -0.15) is 0 Å². The van der Waals surface area contributed by atoms with Crippen LogP contribution in [-0.2, 0) is 17.6 Å². The Labute approximate surface area is 112 Å². The van der Waals surface area contributed by atoms with Gasteiger partial charge in [0.05, 0.1) is 0 Å². The standard InChI is InChI=1S/C14H18N2O3/c1-2-15-14(18)16-13(17)9-19-12-7-6-10-4-3-5-11(10)8-12/h6-8H,2-5,9H2,1H3,(H2,15,16,17,18). The molecular formula is C14H18N2O3. The molecule has 0 radical (unpaired) electrons. The van der Waals surface area contributed by atoms with Crippen LogP contribution in [0.4, 0.5) is 4.79 Å². The quantitative estimate of drug-likeness (QED) is 0.862. The van der Waals surface area contributed by atoms with Crippen molar-refractivity contribution in [1.29, 1.82) is 0 Å². The fraction of sp³-hybridized carbons (Fsp3) is 0.429. The highest BCUT2D eigenvalue weighted by Gasteiger charge is 2.12. The van der Waals surface area contributed by atoms with E-state index in [1.54, 1.807) is 6.92 Å². The van der Waals surface area contributed by atoms with Gasteiger partial charge in [-0.05, 0) is 49.4 Å². The van der Waals surface area contributed by atoms with Crippen LogP contribution >= 0.6 is 0 Å². The smallest absolute Gasteiger partial charge is 0.321 e. The van der Waals surface area contributed by atoms with Crippen molar-refractivity contribution in [3.63, 3.8) is 0 Å². The van der Waals surface area contributed by atoms with E-state index in [9.17, 15) is 9.59 Å². The maximum absolute atomic E-state index is 11.4. The molecule has 0 saturated heterocycles. The number of imide groups is 1. The van der Waals surface area contributed by atoms with E-state index in [-0.39, 0.29) is 6.61 Å². The minimum Gasteiger partial charge on any atom is -0.484 e. The Kier molecular flexibility index (Phi) is 4.39. The molecule has 0 aliphatic heterocycles. The highest BCUT2D eigenvalue weighted by Crippen LogP contribution is 2.25. The number of carbonyl (C=O) groups is 2. The van der Waals surface area contributed by atoms with Crippen LogP contribution in [-0.4, -0.2) is 25.1 Å². The fourth-order valence-corrected chi connectivity index (χ4v) is 2.15. The zero-order valence-corrected chi connectivity index (χ0v) is 11.0. The Morgan fingerprint density at radius 1 is 1.26 bits per heavy atom. The van der Waals surface area contributed by atoms with Gasteiger partial charge in [0.2, 0.25) is 0 Å². The minimum absolute atomic E-state index is 0.157. The molecule has 19 heavy (non-hydrogen) atoms. The highest BCUT2D eigenvalue weighted by atomic mass is 16.5. The van der Waals surface area contributed by atoms with E-state index in [1.165, 1.54) is 17.5 Å². The number of nitrogens with one attached hydrogen (secondary N) is 2. The van der Waals surface area contributed by atoms with Crippen molar-refractivity contribution in [2.24, 2.45) is 0 Å². The number of hydrogen-bond acceptors (Lipinski definition) is 3. The van der Waals surface area contributed by atoms with Crippen LogP contribution in [0.15, 0.2) is 18.2 Å².